The number of rotatable bonds is 9. The van der Waals surface area contributed by atoms with Crippen molar-refractivity contribution in [3.63, 3.8) is 0 Å². The molecule has 0 fully saturated rings. The Kier molecular flexibility index (Phi) is 8.73. The molecule has 2 heteroatoms. The number of nitrogens with zero attached hydrogens (tertiary/aromatic N) is 2. The molecule has 0 saturated heterocycles. The fourth-order valence-corrected chi connectivity index (χ4v) is 6.53. The topological polar surface area (TPSA) is 6.48 Å². The van der Waals surface area contributed by atoms with Crippen LogP contribution in [-0.4, -0.2) is 0 Å². The maximum atomic E-state index is 2.34. The van der Waals surface area contributed by atoms with Gasteiger partial charge in [-0.1, -0.05) is 152 Å². The third kappa shape index (κ3) is 6.56. The van der Waals surface area contributed by atoms with E-state index in [1.807, 2.05) is 0 Å². The van der Waals surface area contributed by atoms with Crippen molar-refractivity contribution in [3.05, 3.63) is 217 Å². The van der Waals surface area contributed by atoms with Crippen LogP contribution in [0.2, 0.25) is 0 Å². The number of benzene rings is 8. The third-order valence-corrected chi connectivity index (χ3v) is 9.04. The largest absolute Gasteiger partial charge is 0.311 e. The molecule has 0 spiro atoms. The molecule has 0 aliphatic rings. The predicted octanol–water partition coefficient (Wildman–Crippen LogP) is 13.6. The van der Waals surface area contributed by atoms with Gasteiger partial charge in [-0.2, -0.15) is 0 Å². The Morgan fingerprint density at radius 2 is 0.660 bits per heavy atom. The smallest absolute Gasteiger partial charge is 0.0540 e. The molecule has 0 heterocycles. The molecule has 2 nitrogen and oxygen atoms in total. The minimum atomic E-state index is 1.12. The van der Waals surface area contributed by atoms with Crippen LogP contribution in [0.3, 0.4) is 0 Å². The molecule has 50 heavy (non-hydrogen) atoms. The fourth-order valence-electron chi connectivity index (χ4n) is 6.53. The lowest BCUT2D eigenvalue weighted by Gasteiger charge is -2.27. The zero-order valence-corrected chi connectivity index (χ0v) is 27.7. The molecule has 8 aromatic rings. The van der Waals surface area contributed by atoms with Gasteiger partial charge < -0.3 is 9.80 Å². The quantitative estimate of drug-likeness (QED) is 0.145. The van der Waals surface area contributed by atoms with Crippen LogP contribution in [0.25, 0.3) is 34.1 Å². The second-order valence-electron chi connectivity index (χ2n) is 12.3. The molecule has 238 valence electrons. The molecular weight excluding hydrogens is 605 g/mol. The van der Waals surface area contributed by atoms with Crippen molar-refractivity contribution in [2.75, 3.05) is 9.80 Å². The lowest BCUT2D eigenvalue weighted by atomic mass is 10.0. The van der Waals surface area contributed by atoms with Gasteiger partial charge in [0.15, 0.2) is 0 Å². The van der Waals surface area contributed by atoms with Gasteiger partial charge in [0, 0.05) is 33.8 Å². The minimum absolute atomic E-state index is 1.12. The lowest BCUT2D eigenvalue weighted by Crippen LogP contribution is -2.10. The maximum Gasteiger partial charge on any atom is 0.0540 e. The van der Waals surface area contributed by atoms with E-state index >= 15 is 0 Å². The molecule has 8 aromatic carbocycles. The molecule has 8 rings (SSSR count). The summed E-state index contributed by atoms with van der Waals surface area (Å²) in [6, 6.07) is 73.1. The Bertz CT molecular complexity index is 2280. The van der Waals surface area contributed by atoms with E-state index in [0.29, 0.717) is 0 Å². The summed E-state index contributed by atoms with van der Waals surface area (Å²) in [5.74, 6) is 0. The van der Waals surface area contributed by atoms with Crippen molar-refractivity contribution < 1.29 is 0 Å². The molecule has 0 atom stereocenters. The van der Waals surface area contributed by atoms with Crippen molar-refractivity contribution in [1.29, 1.82) is 0 Å². The third-order valence-electron chi connectivity index (χ3n) is 9.04. The average molecular weight is 641 g/mol. The van der Waals surface area contributed by atoms with Gasteiger partial charge in [-0.05, 0) is 94.4 Å². The average Bonchev–Trinajstić information content (AvgIpc) is 3.20. The molecule has 0 aliphatic heterocycles. The zero-order valence-electron chi connectivity index (χ0n) is 27.7. The van der Waals surface area contributed by atoms with E-state index in [4.69, 9.17) is 0 Å². The number of anilines is 6. The fraction of sp³-hybridized carbons (Fsp3) is 0. The Balaban J connectivity index is 1.00. The second kappa shape index (κ2) is 14.2. The van der Waals surface area contributed by atoms with Gasteiger partial charge in [0.1, 0.15) is 0 Å². The molecule has 0 aliphatic carbocycles. The summed E-state index contributed by atoms with van der Waals surface area (Å²) < 4.78 is 0. The molecule has 0 radical (unpaired) electrons. The standard InChI is InChI=1S/C48H36N2/c1-4-15-42(16-5-1)49(43-17-6-2-7-18-43)45-35-31-40(32-36-45)39-29-25-37(26-30-39)23-24-38-27-33-46(34-28-38)50(44-19-8-3-9-20-44)48-22-12-14-41-13-10-11-21-47(41)48/h1-36H/b24-23-. The molecule has 0 unspecified atom stereocenters. The monoisotopic (exact) mass is 640 g/mol. The first kappa shape index (κ1) is 30.7. The van der Waals surface area contributed by atoms with Gasteiger partial charge in [-0.25, -0.2) is 0 Å². The van der Waals surface area contributed by atoms with E-state index in [0.717, 1.165) is 45.3 Å². The van der Waals surface area contributed by atoms with Crippen LogP contribution in [0, 0.1) is 0 Å². The minimum Gasteiger partial charge on any atom is -0.311 e. The Hall–Kier alpha value is -6.64. The number of fused-ring (bicyclic) bond motifs is 1. The van der Waals surface area contributed by atoms with Crippen LogP contribution in [0.4, 0.5) is 34.1 Å². The first-order valence-corrected chi connectivity index (χ1v) is 17.0. The van der Waals surface area contributed by atoms with Gasteiger partial charge in [0.2, 0.25) is 0 Å². The van der Waals surface area contributed by atoms with Gasteiger partial charge in [-0.15, -0.1) is 0 Å². The summed E-state index contributed by atoms with van der Waals surface area (Å²) in [6.45, 7) is 0. The van der Waals surface area contributed by atoms with E-state index in [1.165, 1.54) is 21.9 Å². The predicted molar refractivity (Wildman–Crippen MR) is 214 cm³/mol. The van der Waals surface area contributed by atoms with E-state index in [1.54, 1.807) is 0 Å². The SMILES string of the molecule is C(=C/c1ccc(N(c2ccccc2)c2cccc3ccccc23)cc1)/c1ccc(-c2ccc(N(c3ccccc3)c3ccccc3)cc2)cc1. The van der Waals surface area contributed by atoms with Crippen molar-refractivity contribution in [2.45, 2.75) is 0 Å². The normalized spacial score (nSPS) is 11.1. The van der Waals surface area contributed by atoms with Crippen molar-refractivity contribution in [1.82, 2.24) is 0 Å². The van der Waals surface area contributed by atoms with Gasteiger partial charge in [0.25, 0.3) is 0 Å². The van der Waals surface area contributed by atoms with E-state index in [9.17, 15) is 0 Å². The summed E-state index contributed by atoms with van der Waals surface area (Å²) in [5, 5.41) is 2.45. The van der Waals surface area contributed by atoms with Crippen molar-refractivity contribution in [2.24, 2.45) is 0 Å². The van der Waals surface area contributed by atoms with Crippen molar-refractivity contribution in [3.8, 4) is 11.1 Å². The highest BCUT2D eigenvalue weighted by molar-refractivity contribution is 5.99. The van der Waals surface area contributed by atoms with Gasteiger partial charge >= 0.3 is 0 Å². The zero-order chi connectivity index (χ0) is 33.5. The first-order valence-electron chi connectivity index (χ1n) is 17.0. The van der Waals surface area contributed by atoms with E-state index in [-0.39, 0.29) is 0 Å². The number of para-hydroxylation sites is 3. The summed E-state index contributed by atoms with van der Waals surface area (Å²) >= 11 is 0. The highest BCUT2D eigenvalue weighted by Crippen LogP contribution is 2.39. The van der Waals surface area contributed by atoms with E-state index in [2.05, 4.69) is 228 Å². The van der Waals surface area contributed by atoms with Crippen LogP contribution in [0.1, 0.15) is 11.1 Å². The second-order valence-corrected chi connectivity index (χ2v) is 12.3. The molecule has 0 amide bonds. The summed E-state index contributed by atoms with van der Waals surface area (Å²) in [6.07, 6.45) is 4.36. The number of hydrogen-bond acceptors (Lipinski definition) is 2. The maximum absolute atomic E-state index is 2.34. The molecule has 0 bridgehead atoms. The summed E-state index contributed by atoms with van der Waals surface area (Å²) in [5.41, 5.74) is 11.5. The highest BCUT2D eigenvalue weighted by atomic mass is 15.1. The first-order chi connectivity index (χ1) is 24.8. The van der Waals surface area contributed by atoms with Crippen molar-refractivity contribution >= 4 is 57.0 Å². The Morgan fingerprint density at radius 3 is 1.22 bits per heavy atom. The molecular formula is C48H36N2. The highest BCUT2D eigenvalue weighted by Gasteiger charge is 2.15. The molecule has 0 aromatic heterocycles. The summed E-state index contributed by atoms with van der Waals surface area (Å²) in [4.78, 5) is 4.62. The number of hydrogen-bond donors (Lipinski definition) is 0. The lowest BCUT2D eigenvalue weighted by molar-refractivity contribution is 1.28. The van der Waals surface area contributed by atoms with Crippen LogP contribution >= 0.6 is 0 Å². The summed E-state index contributed by atoms with van der Waals surface area (Å²) in [7, 11) is 0. The Morgan fingerprint density at radius 1 is 0.280 bits per heavy atom. The van der Waals surface area contributed by atoms with Gasteiger partial charge in [-0.3, -0.25) is 0 Å². The van der Waals surface area contributed by atoms with Crippen LogP contribution < -0.4 is 9.80 Å². The van der Waals surface area contributed by atoms with Crippen LogP contribution in [0.5, 0.6) is 0 Å². The molecule has 0 saturated carbocycles. The molecule has 0 N–H and O–H groups in total. The van der Waals surface area contributed by atoms with E-state index < -0.39 is 0 Å². The van der Waals surface area contributed by atoms with Crippen LogP contribution in [0.15, 0.2) is 206 Å². The Labute approximate surface area is 294 Å². The van der Waals surface area contributed by atoms with Gasteiger partial charge in [0.05, 0.1) is 5.69 Å². The van der Waals surface area contributed by atoms with Crippen LogP contribution in [-0.2, 0) is 0 Å².